The molecule has 0 radical (unpaired) electrons. The molecule has 0 aliphatic heterocycles. The number of hydrogen-bond donors (Lipinski definition) is 2. The summed E-state index contributed by atoms with van der Waals surface area (Å²) in [5.74, 6) is 2.59. The van der Waals surface area contributed by atoms with Crippen LogP contribution in [0, 0.1) is 22.1 Å². The molecule has 8 nitrogen and oxygen atoms in total. The molecule has 1 unspecified atom stereocenters. The zero-order chi connectivity index (χ0) is 21.2. The molecule has 1 amide bonds. The predicted octanol–water partition coefficient (Wildman–Crippen LogP) is 2.63. The quantitative estimate of drug-likeness (QED) is 0.387. The molecule has 0 saturated carbocycles. The lowest BCUT2D eigenvalue weighted by Crippen LogP contribution is -2.31. The van der Waals surface area contributed by atoms with Crippen molar-refractivity contribution < 1.29 is 24.3 Å². The first-order chi connectivity index (χ1) is 13.9. The molecule has 0 bridgehead atoms. The third kappa shape index (κ3) is 6.68. The monoisotopic (exact) mass is 418 g/mol. The van der Waals surface area contributed by atoms with Crippen LogP contribution in [0.15, 0.2) is 42.5 Å². The number of nitro groups is 1. The molecular weight excluding hydrogens is 400 g/mol. The van der Waals surface area contributed by atoms with E-state index >= 15 is 0 Å². The van der Waals surface area contributed by atoms with Gasteiger partial charge in [-0.2, -0.15) is 0 Å². The number of ether oxygens (including phenoxy) is 2. The highest BCUT2D eigenvalue weighted by Crippen LogP contribution is 2.28. The average Bonchev–Trinajstić information content (AvgIpc) is 2.71. The first kappa shape index (κ1) is 22.0. The van der Waals surface area contributed by atoms with Gasteiger partial charge < -0.3 is 19.9 Å². The van der Waals surface area contributed by atoms with Gasteiger partial charge in [-0.05, 0) is 42.2 Å². The van der Waals surface area contributed by atoms with Crippen molar-refractivity contribution in [3.8, 4) is 17.8 Å². The van der Waals surface area contributed by atoms with Crippen molar-refractivity contribution in [2.75, 3.05) is 20.3 Å². The summed E-state index contributed by atoms with van der Waals surface area (Å²) in [7, 11) is 1.47. The molecule has 1 atom stereocenters. The molecule has 0 aromatic heterocycles. The van der Waals surface area contributed by atoms with Gasteiger partial charge in [0.05, 0.1) is 17.6 Å². The average molecular weight is 419 g/mol. The van der Waals surface area contributed by atoms with Crippen molar-refractivity contribution in [1.82, 2.24) is 5.32 Å². The van der Waals surface area contributed by atoms with Crippen LogP contribution in [0.1, 0.15) is 17.2 Å². The van der Waals surface area contributed by atoms with Crippen molar-refractivity contribution in [2.45, 2.75) is 12.5 Å². The lowest BCUT2D eigenvalue weighted by molar-refractivity contribution is -0.386. The van der Waals surface area contributed by atoms with Gasteiger partial charge in [0.25, 0.3) is 11.6 Å². The van der Waals surface area contributed by atoms with Crippen molar-refractivity contribution in [3.63, 3.8) is 0 Å². The Morgan fingerprint density at radius 2 is 2.03 bits per heavy atom. The molecule has 0 aliphatic rings. The minimum Gasteiger partial charge on any atom is -0.481 e. The second kappa shape index (κ2) is 10.9. The Bertz CT molecular complexity index is 921. The largest absolute Gasteiger partial charge is 0.481 e. The summed E-state index contributed by atoms with van der Waals surface area (Å²) in [6.07, 6.45) is 1.26. The summed E-state index contributed by atoms with van der Waals surface area (Å²) in [6, 6.07) is 11.0. The molecule has 29 heavy (non-hydrogen) atoms. The van der Waals surface area contributed by atoms with Crippen molar-refractivity contribution >= 4 is 23.2 Å². The van der Waals surface area contributed by atoms with E-state index in [1.54, 1.807) is 12.1 Å². The van der Waals surface area contributed by atoms with E-state index in [4.69, 9.17) is 16.3 Å². The van der Waals surface area contributed by atoms with E-state index in [0.29, 0.717) is 12.2 Å². The van der Waals surface area contributed by atoms with Crippen molar-refractivity contribution in [2.24, 2.45) is 0 Å². The summed E-state index contributed by atoms with van der Waals surface area (Å²) < 4.78 is 10.0. The number of benzene rings is 2. The van der Waals surface area contributed by atoms with E-state index < -0.39 is 22.6 Å². The summed E-state index contributed by atoms with van der Waals surface area (Å²) in [5.41, 5.74) is 0.411. The maximum absolute atomic E-state index is 12.2. The smallest absolute Gasteiger partial charge is 0.277 e. The fourth-order valence-corrected chi connectivity index (χ4v) is 2.61. The van der Waals surface area contributed by atoms with Crippen LogP contribution in [0.2, 0.25) is 5.02 Å². The topological polar surface area (TPSA) is 111 Å². The molecule has 0 saturated heterocycles. The first-order valence-corrected chi connectivity index (χ1v) is 8.92. The molecule has 9 heteroatoms. The fourth-order valence-electron chi connectivity index (χ4n) is 2.45. The number of halogens is 1. The van der Waals surface area contributed by atoms with Gasteiger partial charge in [0.1, 0.15) is 11.9 Å². The van der Waals surface area contributed by atoms with Crippen LogP contribution < -0.4 is 10.1 Å². The zero-order valence-electron chi connectivity index (χ0n) is 15.6. The third-order valence-corrected chi connectivity index (χ3v) is 4.09. The molecule has 2 N–H and O–H groups in total. The molecule has 2 aromatic carbocycles. The van der Waals surface area contributed by atoms with Gasteiger partial charge in [-0.1, -0.05) is 23.7 Å². The number of nitrogens with zero attached hydrogens (tertiary/aromatic N) is 1. The zero-order valence-corrected chi connectivity index (χ0v) is 16.3. The number of carbonyl (C=O) groups excluding carboxylic acids is 1. The Labute approximate surface area is 172 Å². The first-order valence-electron chi connectivity index (χ1n) is 8.54. The number of amides is 1. The van der Waals surface area contributed by atoms with Gasteiger partial charge in [-0.3, -0.25) is 14.9 Å². The number of hydrogen-bond acceptors (Lipinski definition) is 6. The maximum atomic E-state index is 12.2. The molecule has 0 aliphatic carbocycles. The van der Waals surface area contributed by atoms with Gasteiger partial charge in [-0.25, -0.2) is 0 Å². The van der Waals surface area contributed by atoms with Crippen LogP contribution in [0.4, 0.5) is 5.69 Å². The van der Waals surface area contributed by atoms with Gasteiger partial charge in [0, 0.05) is 17.6 Å². The highest BCUT2D eigenvalue weighted by atomic mass is 35.5. The summed E-state index contributed by atoms with van der Waals surface area (Å²) in [5, 5.41) is 24.0. The molecule has 0 fully saturated rings. The number of methoxy groups -OCH3 is 1. The molecule has 2 aromatic rings. The van der Waals surface area contributed by atoms with E-state index in [2.05, 4.69) is 22.1 Å². The van der Waals surface area contributed by atoms with E-state index in [-0.39, 0.29) is 23.7 Å². The number of nitrogens with one attached hydrogen (secondary N) is 1. The van der Waals surface area contributed by atoms with Crippen LogP contribution in [-0.2, 0) is 16.0 Å². The van der Waals surface area contributed by atoms with Crippen LogP contribution in [0.25, 0.3) is 0 Å². The number of carbonyl (C=O) groups is 1. The maximum Gasteiger partial charge on any atom is 0.277 e. The highest BCUT2D eigenvalue weighted by Gasteiger charge is 2.26. The second-order valence-electron chi connectivity index (χ2n) is 5.82. The Kier molecular flexibility index (Phi) is 8.27. The Hall–Kier alpha value is -3.28. The van der Waals surface area contributed by atoms with Gasteiger partial charge in [0.2, 0.25) is 0 Å². The lowest BCUT2D eigenvalue weighted by Gasteiger charge is -2.12. The second-order valence-corrected chi connectivity index (χ2v) is 6.26. The lowest BCUT2D eigenvalue weighted by atomic mass is 10.1. The number of nitro benzene ring substituents is 1. The van der Waals surface area contributed by atoms with E-state index in [1.165, 1.54) is 19.2 Å². The predicted molar refractivity (Wildman–Crippen MR) is 107 cm³/mol. The summed E-state index contributed by atoms with van der Waals surface area (Å²) in [4.78, 5) is 22.6. The van der Waals surface area contributed by atoms with Crippen LogP contribution in [0.5, 0.6) is 5.75 Å². The SMILES string of the molecule is COC#CCOc1ccc(CCNC(=O)C(O)c2ccc(Cl)cc2[N+](=O)[O-])cc1. The molecule has 2 rings (SSSR count). The number of aliphatic hydroxyl groups excluding tert-OH is 1. The molecule has 0 spiro atoms. The van der Waals surface area contributed by atoms with Crippen LogP contribution >= 0.6 is 11.6 Å². The van der Waals surface area contributed by atoms with E-state index in [9.17, 15) is 20.0 Å². The van der Waals surface area contributed by atoms with Crippen LogP contribution in [-0.4, -0.2) is 36.2 Å². The van der Waals surface area contributed by atoms with Gasteiger partial charge in [-0.15, -0.1) is 0 Å². The number of rotatable bonds is 8. The van der Waals surface area contributed by atoms with Gasteiger partial charge >= 0.3 is 0 Å². The minimum atomic E-state index is -1.67. The van der Waals surface area contributed by atoms with Crippen LogP contribution in [0.3, 0.4) is 0 Å². The summed E-state index contributed by atoms with van der Waals surface area (Å²) in [6.45, 7) is 0.453. The normalized spacial score (nSPS) is 11.0. The number of aliphatic hydroxyl groups is 1. The van der Waals surface area contributed by atoms with E-state index in [0.717, 1.165) is 11.6 Å². The molecule has 152 valence electrons. The van der Waals surface area contributed by atoms with E-state index in [1.807, 2.05) is 12.1 Å². The van der Waals surface area contributed by atoms with Crippen molar-refractivity contribution in [1.29, 1.82) is 0 Å². The third-order valence-electron chi connectivity index (χ3n) is 3.85. The standard InChI is InChI=1S/C20H19ClN2O6/c1-28-11-2-12-29-16-6-3-14(4-7-16)9-10-22-20(25)19(24)17-8-5-15(21)13-18(17)23(26)27/h3-8,13,19,24H,9-10,12H2,1H3,(H,22,25). The Morgan fingerprint density at radius 1 is 1.31 bits per heavy atom. The fraction of sp³-hybridized carbons (Fsp3) is 0.250. The minimum absolute atomic E-state index is 0.116. The molecular formula is C20H19ClN2O6. The Balaban J connectivity index is 1.87. The molecule has 0 heterocycles. The summed E-state index contributed by atoms with van der Waals surface area (Å²) >= 11 is 5.74. The van der Waals surface area contributed by atoms with Crippen molar-refractivity contribution in [3.05, 3.63) is 68.7 Å². The van der Waals surface area contributed by atoms with Gasteiger partial charge in [0.15, 0.2) is 12.7 Å². The highest BCUT2D eigenvalue weighted by molar-refractivity contribution is 6.30. The Morgan fingerprint density at radius 3 is 2.69 bits per heavy atom.